The maximum absolute atomic E-state index is 9.00. The van der Waals surface area contributed by atoms with Gasteiger partial charge in [-0.2, -0.15) is 0 Å². The van der Waals surface area contributed by atoms with Crippen LogP contribution in [0.25, 0.3) is 0 Å². The Hall–Kier alpha value is -0.0600. The Morgan fingerprint density at radius 1 is 1.67 bits per heavy atom. The summed E-state index contributed by atoms with van der Waals surface area (Å²) < 4.78 is 5.23. The smallest absolute Gasteiger partial charge is 0.119 e. The summed E-state index contributed by atoms with van der Waals surface area (Å²) in [6.07, 6.45) is -0.236. The molecule has 2 atom stereocenters. The first kappa shape index (κ1) is 7.05. The average molecular weight is 195 g/mol. The molecule has 0 bridgehead atoms. The fourth-order valence-corrected chi connectivity index (χ4v) is 1.01. The fraction of sp³-hybridized carbons (Fsp3) is 0.600. The lowest BCUT2D eigenvalue weighted by atomic mass is 10.2. The lowest BCUT2D eigenvalue weighted by Gasteiger charge is -2.21. The van der Waals surface area contributed by atoms with Crippen LogP contribution in [0, 0.1) is 0 Å². The predicted octanol–water partition coefficient (Wildman–Crippen LogP) is -0.0253. The second-order valence-corrected chi connectivity index (χ2v) is 2.76. The summed E-state index contributed by atoms with van der Waals surface area (Å²) in [6.45, 7) is 0.163. The Bertz CT molecular complexity index is 134. The first-order chi connectivity index (χ1) is 4.22. The summed E-state index contributed by atoms with van der Waals surface area (Å²) >= 11 is 3.02. The van der Waals surface area contributed by atoms with Crippen molar-refractivity contribution in [1.82, 2.24) is 0 Å². The molecule has 4 heteroatoms. The van der Waals surface area contributed by atoms with Gasteiger partial charge in [-0.05, 0) is 15.9 Å². The standard InChI is InChI=1S/C5H7BrO3/c6-3-1-9-2-4(7)5(3)8/h1,4-5,7-8H,2H2. The molecule has 1 aliphatic heterocycles. The van der Waals surface area contributed by atoms with Gasteiger partial charge >= 0.3 is 0 Å². The van der Waals surface area contributed by atoms with Crippen LogP contribution in [0.2, 0.25) is 0 Å². The van der Waals surface area contributed by atoms with E-state index in [2.05, 4.69) is 15.9 Å². The molecule has 0 amide bonds. The fourth-order valence-electron chi connectivity index (χ4n) is 0.571. The van der Waals surface area contributed by atoms with Crippen LogP contribution in [-0.4, -0.2) is 29.0 Å². The Kier molecular flexibility index (Phi) is 2.10. The summed E-state index contributed by atoms with van der Waals surface area (Å²) in [5.41, 5.74) is 0. The predicted molar refractivity (Wildman–Crippen MR) is 35.0 cm³/mol. The van der Waals surface area contributed by atoms with Crippen LogP contribution in [0.5, 0.6) is 0 Å². The SMILES string of the molecule is OC1COC=C(Br)C1O. The van der Waals surface area contributed by atoms with Crippen molar-refractivity contribution in [3.8, 4) is 0 Å². The van der Waals surface area contributed by atoms with Gasteiger partial charge in [0.05, 0.1) is 10.7 Å². The van der Waals surface area contributed by atoms with Crippen molar-refractivity contribution in [2.24, 2.45) is 0 Å². The second kappa shape index (κ2) is 2.68. The zero-order chi connectivity index (χ0) is 6.85. The molecular weight excluding hydrogens is 188 g/mol. The molecule has 2 unspecified atom stereocenters. The van der Waals surface area contributed by atoms with Crippen LogP contribution in [0.15, 0.2) is 10.7 Å². The van der Waals surface area contributed by atoms with E-state index in [0.717, 1.165) is 0 Å². The van der Waals surface area contributed by atoms with Gasteiger partial charge in [-0.1, -0.05) is 0 Å². The van der Waals surface area contributed by atoms with Gasteiger partial charge in [-0.15, -0.1) is 0 Å². The molecule has 0 aromatic carbocycles. The minimum absolute atomic E-state index is 0.163. The molecule has 0 aromatic heterocycles. The maximum atomic E-state index is 9.00. The van der Waals surface area contributed by atoms with Gasteiger partial charge in [0.2, 0.25) is 0 Å². The summed E-state index contributed by atoms with van der Waals surface area (Å²) in [6, 6.07) is 0. The molecule has 0 saturated heterocycles. The number of halogens is 1. The highest BCUT2D eigenvalue weighted by Crippen LogP contribution is 2.18. The molecule has 2 N–H and O–H groups in total. The van der Waals surface area contributed by atoms with Crippen molar-refractivity contribution in [1.29, 1.82) is 0 Å². The summed E-state index contributed by atoms with van der Waals surface area (Å²) in [5.74, 6) is 0. The number of aliphatic hydroxyl groups excluding tert-OH is 2. The number of ether oxygens (including phenoxy) is 1. The highest BCUT2D eigenvalue weighted by molar-refractivity contribution is 9.11. The first-order valence-corrected chi connectivity index (χ1v) is 3.34. The van der Waals surface area contributed by atoms with Gasteiger partial charge in [0.25, 0.3) is 0 Å². The lowest BCUT2D eigenvalue weighted by Crippen LogP contribution is -2.33. The minimum atomic E-state index is -0.821. The van der Waals surface area contributed by atoms with Crippen LogP contribution < -0.4 is 0 Å². The Morgan fingerprint density at radius 3 is 2.78 bits per heavy atom. The molecular formula is C5H7BrO3. The van der Waals surface area contributed by atoms with Crippen LogP contribution in [0.4, 0.5) is 0 Å². The van der Waals surface area contributed by atoms with Crippen LogP contribution in [0.3, 0.4) is 0 Å². The van der Waals surface area contributed by atoms with Gasteiger partial charge in [0.15, 0.2) is 0 Å². The van der Waals surface area contributed by atoms with Crippen molar-refractivity contribution in [2.75, 3.05) is 6.61 Å². The van der Waals surface area contributed by atoms with Gasteiger partial charge in [0.1, 0.15) is 18.8 Å². The molecule has 1 aliphatic rings. The highest BCUT2D eigenvalue weighted by atomic mass is 79.9. The molecule has 0 spiro atoms. The number of aliphatic hydroxyl groups is 2. The van der Waals surface area contributed by atoms with E-state index >= 15 is 0 Å². The maximum Gasteiger partial charge on any atom is 0.119 e. The third kappa shape index (κ3) is 1.44. The molecule has 0 aromatic rings. The zero-order valence-electron chi connectivity index (χ0n) is 4.62. The van der Waals surface area contributed by atoms with Crippen LogP contribution in [0.1, 0.15) is 0 Å². The van der Waals surface area contributed by atoms with E-state index in [9.17, 15) is 0 Å². The van der Waals surface area contributed by atoms with Crippen molar-refractivity contribution in [3.63, 3.8) is 0 Å². The number of hydrogen-bond donors (Lipinski definition) is 2. The lowest BCUT2D eigenvalue weighted by molar-refractivity contribution is -0.0127. The van der Waals surface area contributed by atoms with Gasteiger partial charge in [-0.3, -0.25) is 0 Å². The average Bonchev–Trinajstić information content (AvgIpc) is 1.83. The zero-order valence-corrected chi connectivity index (χ0v) is 6.21. The summed E-state index contributed by atoms with van der Waals surface area (Å²) in [5, 5.41) is 17.9. The van der Waals surface area contributed by atoms with E-state index in [1.54, 1.807) is 0 Å². The van der Waals surface area contributed by atoms with Gasteiger partial charge in [0, 0.05) is 0 Å². The van der Waals surface area contributed by atoms with Crippen molar-refractivity contribution in [2.45, 2.75) is 12.2 Å². The van der Waals surface area contributed by atoms with Crippen molar-refractivity contribution >= 4 is 15.9 Å². The third-order valence-corrected chi connectivity index (χ3v) is 1.77. The Morgan fingerprint density at radius 2 is 2.33 bits per heavy atom. The van der Waals surface area contributed by atoms with Gasteiger partial charge in [-0.25, -0.2) is 0 Å². The largest absolute Gasteiger partial charge is 0.497 e. The van der Waals surface area contributed by atoms with E-state index < -0.39 is 12.2 Å². The first-order valence-electron chi connectivity index (χ1n) is 2.55. The molecule has 0 fully saturated rings. The monoisotopic (exact) mass is 194 g/mol. The van der Waals surface area contributed by atoms with Crippen LogP contribution >= 0.6 is 15.9 Å². The summed E-state index contributed by atoms with van der Waals surface area (Å²) in [4.78, 5) is 0. The second-order valence-electron chi connectivity index (χ2n) is 1.85. The Labute approximate surface area is 61.1 Å². The summed E-state index contributed by atoms with van der Waals surface area (Å²) in [7, 11) is 0. The number of rotatable bonds is 0. The Balaban J connectivity index is 2.62. The molecule has 3 nitrogen and oxygen atoms in total. The van der Waals surface area contributed by atoms with E-state index in [4.69, 9.17) is 14.9 Å². The quantitative estimate of drug-likeness (QED) is 0.570. The molecule has 52 valence electrons. The molecule has 9 heavy (non-hydrogen) atoms. The normalized spacial score (nSPS) is 35.2. The minimum Gasteiger partial charge on any atom is -0.497 e. The van der Waals surface area contributed by atoms with E-state index in [0.29, 0.717) is 4.48 Å². The highest BCUT2D eigenvalue weighted by Gasteiger charge is 2.23. The van der Waals surface area contributed by atoms with E-state index in [1.807, 2.05) is 0 Å². The van der Waals surface area contributed by atoms with Crippen molar-refractivity contribution < 1.29 is 14.9 Å². The van der Waals surface area contributed by atoms with Crippen molar-refractivity contribution in [3.05, 3.63) is 10.7 Å². The molecule has 1 heterocycles. The van der Waals surface area contributed by atoms with E-state index in [1.165, 1.54) is 6.26 Å². The number of hydrogen-bond acceptors (Lipinski definition) is 3. The third-order valence-electron chi connectivity index (χ3n) is 1.11. The molecule has 0 aliphatic carbocycles. The van der Waals surface area contributed by atoms with Gasteiger partial charge < -0.3 is 14.9 Å². The molecule has 0 radical (unpaired) electrons. The van der Waals surface area contributed by atoms with E-state index in [-0.39, 0.29) is 6.61 Å². The van der Waals surface area contributed by atoms with Crippen LogP contribution in [-0.2, 0) is 4.74 Å². The molecule has 1 rings (SSSR count). The topological polar surface area (TPSA) is 49.7 Å². The molecule has 0 saturated carbocycles.